The number of nitrogens with one attached hydrogen (secondary N) is 1. The molecule has 134 valence electrons. The second kappa shape index (κ2) is 7.26. The number of aromatic nitrogens is 2. The van der Waals surface area contributed by atoms with Gasteiger partial charge >= 0.3 is 5.69 Å². The predicted molar refractivity (Wildman–Crippen MR) is 101 cm³/mol. The third-order valence-electron chi connectivity index (χ3n) is 3.66. The Morgan fingerprint density at radius 1 is 1.12 bits per heavy atom. The van der Waals surface area contributed by atoms with Gasteiger partial charge in [-0.2, -0.15) is 5.10 Å². The van der Waals surface area contributed by atoms with Gasteiger partial charge in [0.15, 0.2) is 11.5 Å². The number of methoxy groups -OCH3 is 1. The lowest BCUT2D eigenvalue weighted by Crippen LogP contribution is -2.32. The van der Waals surface area contributed by atoms with Gasteiger partial charge in [-0.1, -0.05) is 12.1 Å². The summed E-state index contributed by atoms with van der Waals surface area (Å²) in [4.78, 5) is 27.2. The Kier molecular flexibility index (Phi) is 4.88. The summed E-state index contributed by atoms with van der Waals surface area (Å²) in [7, 11) is 1.54. The second-order valence-corrected chi connectivity index (χ2v) is 5.91. The molecule has 0 saturated carbocycles. The molecular formula is C19H19N3O4. The lowest BCUT2D eigenvalue weighted by molar-refractivity contribution is 0.230. The topological polar surface area (TPSA) is 85.7 Å². The number of rotatable bonds is 5. The van der Waals surface area contributed by atoms with E-state index >= 15 is 0 Å². The van der Waals surface area contributed by atoms with Crippen LogP contribution in [0.2, 0.25) is 0 Å². The number of benzene rings is 2. The smallest absolute Gasteiger partial charge is 0.349 e. The average Bonchev–Trinajstić information content (AvgIpc) is 2.62. The molecule has 0 aliphatic heterocycles. The van der Waals surface area contributed by atoms with Gasteiger partial charge in [-0.25, -0.2) is 4.79 Å². The van der Waals surface area contributed by atoms with Crippen LogP contribution in [-0.2, 0) is 0 Å². The minimum absolute atomic E-state index is 0.0122. The fourth-order valence-electron chi connectivity index (χ4n) is 2.50. The van der Waals surface area contributed by atoms with Crippen molar-refractivity contribution in [1.29, 1.82) is 0 Å². The highest BCUT2D eigenvalue weighted by Crippen LogP contribution is 2.28. The van der Waals surface area contributed by atoms with Crippen LogP contribution in [0.3, 0.4) is 0 Å². The van der Waals surface area contributed by atoms with Crippen molar-refractivity contribution in [1.82, 2.24) is 9.66 Å². The van der Waals surface area contributed by atoms with Crippen LogP contribution in [0.25, 0.3) is 10.9 Å². The van der Waals surface area contributed by atoms with Gasteiger partial charge < -0.3 is 14.5 Å². The summed E-state index contributed by atoms with van der Waals surface area (Å²) >= 11 is 0. The van der Waals surface area contributed by atoms with Crippen LogP contribution in [0.4, 0.5) is 0 Å². The van der Waals surface area contributed by atoms with Crippen molar-refractivity contribution in [3.8, 4) is 11.5 Å². The number of nitrogens with zero attached hydrogens (tertiary/aromatic N) is 2. The number of aromatic amines is 1. The predicted octanol–water partition coefficient (Wildman–Crippen LogP) is 2.37. The Bertz CT molecular complexity index is 1080. The van der Waals surface area contributed by atoms with E-state index in [0.717, 1.165) is 4.68 Å². The van der Waals surface area contributed by atoms with Crippen molar-refractivity contribution in [2.24, 2.45) is 5.10 Å². The van der Waals surface area contributed by atoms with Crippen molar-refractivity contribution >= 4 is 17.1 Å². The highest BCUT2D eigenvalue weighted by Gasteiger charge is 2.08. The molecule has 1 aromatic heterocycles. The fourth-order valence-corrected chi connectivity index (χ4v) is 2.50. The van der Waals surface area contributed by atoms with Crippen LogP contribution in [0.15, 0.2) is 57.2 Å². The fraction of sp³-hybridized carbons (Fsp3) is 0.211. The normalized spacial score (nSPS) is 11.4. The molecular weight excluding hydrogens is 334 g/mol. The highest BCUT2D eigenvalue weighted by molar-refractivity contribution is 5.81. The van der Waals surface area contributed by atoms with E-state index in [1.807, 2.05) is 13.8 Å². The monoisotopic (exact) mass is 353 g/mol. The van der Waals surface area contributed by atoms with E-state index in [4.69, 9.17) is 9.47 Å². The van der Waals surface area contributed by atoms with Gasteiger partial charge in [0.05, 0.1) is 30.3 Å². The zero-order chi connectivity index (χ0) is 18.7. The molecule has 0 radical (unpaired) electrons. The molecule has 3 aromatic rings. The maximum absolute atomic E-state index is 12.5. The third kappa shape index (κ3) is 3.51. The van der Waals surface area contributed by atoms with Crippen LogP contribution in [0, 0.1) is 0 Å². The quantitative estimate of drug-likeness (QED) is 0.714. The molecule has 3 rings (SSSR count). The van der Waals surface area contributed by atoms with Gasteiger partial charge in [0.1, 0.15) is 0 Å². The standard InChI is InChI=1S/C19H19N3O4/c1-12(2)26-16-9-8-13(10-17(16)25-3)11-20-22-18(23)14-6-4-5-7-15(14)21-19(22)24/h4-12H,1-3H3,(H,21,24). The van der Waals surface area contributed by atoms with Gasteiger partial charge in [0, 0.05) is 0 Å². The number of hydrogen-bond acceptors (Lipinski definition) is 5. The van der Waals surface area contributed by atoms with Crippen LogP contribution < -0.4 is 20.7 Å². The van der Waals surface area contributed by atoms with E-state index in [2.05, 4.69) is 10.1 Å². The molecule has 2 aromatic carbocycles. The van der Waals surface area contributed by atoms with E-state index in [1.54, 1.807) is 49.6 Å². The first kappa shape index (κ1) is 17.5. The summed E-state index contributed by atoms with van der Waals surface area (Å²) in [6.45, 7) is 3.85. The molecule has 0 aliphatic rings. The minimum Gasteiger partial charge on any atom is -0.493 e. The first-order valence-electron chi connectivity index (χ1n) is 8.12. The van der Waals surface area contributed by atoms with Gasteiger partial charge in [-0.15, -0.1) is 4.68 Å². The maximum Gasteiger partial charge on any atom is 0.349 e. The minimum atomic E-state index is -0.600. The largest absolute Gasteiger partial charge is 0.493 e. The molecule has 0 aliphatic carbocycles. The summed E-state index contributed by atoms with van der Waals surface area (Å²) in [5.74, 6) is 1.16. The van der Waals surface area contributed by atoms with Gasteiger partial charge in [0.2, 0.25) is 0 Å². The molecule has 0 unspecified atom stereocenters. The lowest BCUT2D eigenvalue weighted by atomic mass is 10.2. The number of fused-ring (bicyclic) bond motifs is 1. The van der Waals surface area contributed by atoms with Gasteiger partial charge in [0.25, 0.3) is 5.56 Å². The van der Waals surface area contributed by atoms with Crippen molar-refractivity contribution < 1.29 is 9.47 Å². The van der Waals surface area contributed by atoms with Crippen LogP contribution >= 0.6 is 0 Å². The van der Waals surface area contributed by atoms with E-state index in [9.17, 15) is 9.59 Å². The van der Waals surface area contributed by atoms with Crippen LogP contribution in [0.1, 0.15) is 19.4 Å². The zero-order valence-corrected chi connectivity index (χ0v) is 14.7. The van der Waals surface area contributed by atoms with E-state index in [1.165, 1.54) is 6.21 Å². The first-order valence-corrected chi connectivity index (χ1v) is 8.12. The number of ether oxygens (including phenoxy) is 2. The Hall–Kier alpha value is -3.35. The summed E-state index contributed by atoms with van der Waals surface area (Å²) in [5.41, 5.74) is 0.0622. The number of hydrogen-bond donors (Lipinski definition) is 1. The van der Waals surface area contributed by atoms with Crippen molar-refractivity contribution in [2.75, 3.05) is 7.11 Å². The highest BCUT2D eigenvalue weighted by atomic mass is 16.5. The average molecular weight is 353 g/mol. The van der Waals surface area contributed by atoms with E-state index in [-0.39, 0.29) is 6.10 Å². The van der Waals surface area contributed by atoms with Gasteiger partial charge in [-0.05, 0) is 49.7 Å². The molecule has 7 nitrogen and oxygen atoms in total. The molecule has 0 atom stereocenters. The van der Waals surface area contributed by atoms with Crippen LogP contribution in [0.5, 0.6) is 11.5 Å². The summed E-state index contributed by atoms with van der Waals surface area (Å²) in [6.07, 6.45) is 1.44. The Morgan fingerprint density at radius 3 is 2.62 bits per heavy atom. The number of H-pyrrole nitrogens is 1. The van der Waals surface area contributed by atoms with Crippen LogP contribution in [-0.4, -0.2) is 29.1 Å². The summed E-state index contributed by atoms with van der Waals surface area (Å²) < 4.78 is 11.8. The van der Waals surface area contributed by atoms with Crippen molar-refractivity contribution in [2.45, 2.75) is 20.0 Å². The molecule has 0 fully saturated rings. The Morgan fingerprint density at radius 2 is 1.88 bits per heavy atom. The lowest BCUT2D eigenvalue weighted by Gasteiger charge is -2.13. The van der Waals surface area contributed by atoms with E-state index in [0.29, 0.717) is 28.0 Å². The van der Waals surface area contributed by atoms with Gasteiger partial charge in [-0.3, -0.25) is 4.79 Å². The Balaban J connectivity index is 1.99. The molecule has 0 bridgehead atoms. The van der Waals surface area contributed by atoms with Crippen molar-refractivity contribution in [3.63, 3.8) is 0 Å². The molecule has 1 N–H and O–H groups in total. The molecule has 0 amide bonds. The number of para-hydroxylation sites is 1. The summed E-state index contributed by atoms with van der Waals surface area (Å²) in [6, 6.07) is 12.0. The van der Waals surface area contributed by atoms with E-state index < -0.39 is 11.2 Å². The summed E-state index contributed by atoms with van der Waals surface area (Å²) in [5, 5.41) is 4.42. The molecule has 26 heavy (non-hydrogen) atoms. The second-order valence-electron chi connectivity index (χ2n) is 5.91. The maximum atomic E-state index is 12.5. The molecule has 7 heteroatoms. The molecule has 1 heterocycles. The first-order chi connectivity index (χ1) is 12.5. The molecule has 0 spiro atoms. The SMILES string of the molecule is COc1cc(C=Nn2c(=O)[nH]c3ccccc3c2=O)ccc1OC(C)C. The Labute approximate surface area is 149 Å². The zero-order valence-electron chi connectivity index (χ0n) is 14.7. The van der Waals surface area contributed by atoms with Crippen molar-refractivity contribution in [3.05, 3.63) is 68.9 Å². The third-order valence-corrected chi connectivity index (χ3v) is 3.66. The molecule has 0 saturated heterocycles.